The minimum Gasteiger partial charge on any atom is -0.444 e. The fourth-order valence-corrected chi connectivity index (χ4v) is 2.59. The molecule has 5 heteroatoms. The van der Waals surface area contributed by atoms with Gasteiger partial charge in [0.2, 0.25) is 0 Å². The minimum absolute atomic E-state index is 0.258. The standard InChI is InChI=1S/C16H33N3O2/c1-12(2)19-9-7-14(8-10-19)18-13(3)11-17-15(20)21-16(4,5)6/h12-14,18H,7-11H2,1-6H3,(H,17,20). The number of ether oxygens (including phenoxy) is 1. The number of carbonyl (C=O) groups excluding carboxylic acids is 1. The van der Waals surface area contributed by atoms with Gasteiger partial charge in [0.05, 0.1) is 0 Å². The zero-order valence-electron chi connectivity index (χ0n) is 14.5. The smallest absolute Gasteiger partial charge is 0.407 e. The predicted octanol–water partition coefficient (Wildman–Crippen LogP) is 2.36. The van der Waals surface area contributed by atoms with Crippen LogP contribution in [0.4, 0.5) is 4.79 Å². The molecule has 0 aliphatic carbocycles. The molecule has 1 atom stereocenters. The summed E-state index contributed by atoms with van der Waals surface area (Å²) in [5.74, 6) is 0. The summed E-state index contributed by atoms with van der Waals surface area (Å²) < 4.78 is 5.23. The van der Waals surface area contributed by atoms with Crippen molar-refractivity contribution in [2.24, 2.45) is 0 Å². The van der Waals surface area contributed by atoms with E-state index in [0.29, 0.717) is 18.6 Å². The second-order valence-corrected chi connectivity index (χ2v) is 7.35. The Hall–Kier alpha value is -0.810. The number of carbonyl (C=O) groups is 1. The van der Waals surface area contributed by atoms with Crippen molar-refractivity contribution in [1.82, 2.24) is 15.5 Å². The molecule has 1 aliphatic rings. The number of alkyl carbamates (subject to hydrolysis) is 1. The van der Waals surface area contributed by atoms with Crippen molar-refractivity contribution in [3.63, 3.8) is 0 Å². The van der Waals surface area contributed by atoms with Crippen molar-refractivity contribution >= 4 is 6.09 Å². The zero-order valence-corrected chi connectivity index (χ0v) is 14.5. The van der Waals surface area contributed by atoms with Gasteiger partial charge in [-0.1, -0.05) is 0 Å². The molecule has 2 N–H and O–H groups in total. The molecule has 0 saturated carbocycles. The quantitative estimate of drug-likeness (QED) is 0.818. The largest absolute Gasteiger partial charge is 0.444 e. The predicted molar refractivity (Wildman–Crippen MR) is 86.6 cm³/mol. The van der Waals surface area contributed by atoms with Gasteiger partial charge in [-0.05, 0) is 67.5 Å². The summed E-state index contributed by atoms with van der Waals surface area (Å²) in [5.41, 5.74) is -0.440. The Morgan fingerprint density at radius 2 is 1.81 bits per heavy atom. The summed E-state index contributed by atoms with van der Waals surface area (Å²) in [6.45, 7) is 15.1. The molecule has 1 unspecified atom stereocenters. The fraction of sp³-hybridized carbons (Fsp3) is 0.938. The van der Waals surface area contributed by atoms with Crippen molar-refractivity contribution in [3.05, 3.63) is 0 Å². The molecule has 1 aliphatic heterocycles. The lowest BCUT2D eigenvalue weighted by atomic mass is 10.0. The van der Waals surface area contributed by atoms with Crippen LogP contribution in [0.3, 0.4) is 0 Å². The average Bonchev–Trinajstić information content (AvgIpc) is 2.35. The van der Waals surface area contributed by atoms with Gasteiger partial charge in [0.1, 0.15) is 5.60 Å². The number of rotatable bonds is 5. The highest BCUT2D eigenvalue weighted by Gasteiger charge is 2.22. The molecule has 0 aromatic rings. The highest BCUT2D eigenvalue weighted by molar-refractivity contribution is 5.67. The molecule has 1 rings (SSSR count). The normalized spacial score (nSPS) is 19.6. The summed E-state index contributed by atoms with van der Waals surface area (Å²) in [7, 11) is 0. The van der Waals surface area contributed by atoms with Crippen molar-refractivity contribution < 1.29 is 9.53 Å². The van der Waals surface area contributed by atoms with Gasteiger partial charge in [-0.2, -0.15) is 0 Å². The van der Waals surface area contributed by atoms with Crippen LogP contribution in [0.25, 0.3) is 0 Å². The first-order chi connectivity index (χ1) is 9.67. The van der Waals surface area contributed by atoms with E-state index in [9.17, 15) is 4.79 Å². The van der Waals surface area contributed by atoms with Crippen molar-refractivity contribution in [2.75, 3.05) is 19.6 Å². The molecule has 0 aromatic carbocycles. The van der Waals surface area contributed by atoms with E-state index in [4.69, 9.17) is 4.74 Å². The molecule has 1 fully saturated rings. The third-order valence-corrected chi connectivity index (χ3v) is 3.73. The Bertz CT molecular complexity index is 318. The second-order valence-electron chi connectivity index (χ2n) is 7.35. The van der Waals surface area contributed by atoms with Crippen molar-refractivity contribution in [3.8, 4) is 0 Å². The van der Waals surface area contributed by atoms with E-state index in [1.54, 1.807) is 0 Å². The number of hydrogen-bond acceptors (Lipinski definition) is 4. The monoisotopic (exact) mass is 299 g/mol. The summed E-state index contributed by atoms with van der Waals surface area (Å²) >= 11 is 0. The molecular formula is C16H33N3O2. The van der Waals surface area contributed by atoms with Crippen LogP contribution in [0.2, 0.25) is 0 Å². The Morgan fingerprint density at radius 3 is 2.29 bits per heavy atom. The van der Waals surface area contributed by atoms with E-state index in [1.807, 2.05) is 20.8 Å². The Labute approximate surface area is 129 Å². The molecule has 0 aromatic heterocycles. The fourth-order valence-electron chi connectivity index (χ4n) is 2.59. The highest BCUT2D eigenvalue weighted by atomic mass is 16.6. The van der Waals surface area contributed by atoms with Crippen LogP contribution in [0.5, 0.6) is 0 Å². The van der Waals surface area contributed by atoms with Gasteiger partial charge < -0.3 is 20.3 Å². The molecule has 1 saturated heterocycles. The van der Waals surface area contributed by atoms with E-state index in [-0.39, 0.29) is 12.1 Å². The van der Waals surface area contributed by atoms with Gasteiger partial charge in [-0.25, -0.2) is 4.79 Å². The molecule has 0 radical (unpaired) electrons. The maximum atomic E-state index is 11.6. The van der Waals surface area contributed by atoms with Crippen LogP contribution in [0.1, 0.15) is 54.4 Å². The van der Waals surface area contributed by atoms with E-state index in [0.717, 1.165) is 13.1 Å². The Morgan fingerprint density at radius 1 is 1.24 bits per heavy atom. The number of nitrogens with zero attached hydrogens (tertiary/aromatic N) is 1. The SMILES string of the molecule is CC(CNC(=O)OC(C)(C)C)NC1CCN(C(C)C)CC1. The lowest BCUT2D eigenvalue weighted by Crippen LogP contribution is -2.50. The highest BCUT2D eigenvalue weighted by Crippen LogP contribution is 2.13. The van der Waals surface area contributed by atoms with Gasteiger partial charge in [-0.3, -0.25) is 0 Å². The third kappa shape index (κ3) is 7.67. The molecule has 0 bridgehead atoms. The van der Waals surface area contributed by atoms with Gasteiger partial charge in [-0.15, -0.1) is 0 Å². The van der Waals surface area contributed by atoms with Gasteiger partial charge in [0.25, 0.3) is 0 Å². The number of nitrogens with one attached hydrogen (secondary N) is 2. The summed E-state index contributed by atoms with van der Waals surface area (Å²) in [6.07, 6.45) is 2.01. The van der Waals surface area contributed by atoms with Crippen molar-refractivity contribution in [2.45, 2.75) is 78.1 Å². The Balaban J connectivity index is 2.20. The van der Waals surface area contributed by atoms with Crippen LogP contribution in [-0.4, -0.2) is 54.4 Å². The number of piperidine rings is 1. The lowest BCUT2D eigenvalue weighted by molar-refractivity contribution is 0.0521. The summed E-state index contributed by atoms with van der Waals surface area (Å²) in [6, 6.07) is 1.45. The van der Waals surface area contributed by atoms with Crippen LogP contribution >= 0.6 is 0 Å². The summed E-state index contributed by atoms with van der Waals surface area (Å²) in [5, 5.41) is 6.42. The van der Waals surface area contributed by atoms with Crippen LogP contribution < -0.4 is 10.6 Å². The molecule has 0 spiro atoms. The van der Waals surface area contributed by atoms with Gasteiger partial charge in [0, 0.05) is 24.7 Å². The van der Waals surface area contributed by atoms with Crippen LogP contribution in [0.15, 0.2) is 0 Å². The molecule has 124 valence electrons. The lowest BCUT2D eigenvalue weighted by Gasteiger charge is -2.36. The maximum Gasteiger partial charge on any atom is 0.407 e. The first-order valence-electron chi connectivity index (χ1n) is 8.14. The minimum atomic E-state index is -0.440. The molecule has 5 nitrogen and oxygen atoms in total. The first-order valence-corrected chi connectivity index (χ1v) is 8.14. The number of likely N-dealkylation sites (tertiary alicyclic amines) is 1. The first kappa shape index (κ1) is 18.2. The number of hydrogen-bond donors (Lipinski definition) is 2. The van der Waals surface area contributed by atoms with Gasteiger partial charge in [0.15, 0.2) is 0 Å². The number of amides is 1. The molecule has 1 heterocycles. The van der Waals surface area contributed by atoms with Crippen LogP contribution in [-0.2, 0) is 4.74 Å². The van der Waals surface area contributed by atoms with Gasteiger partial charge >= 0.3 is 6.09 Å². The van der Waals surface area contributed by atoms with E-state index >= 15 is 0 Å². The van der Waals surface area contributed by atoms with E-state index in [2.05, 4.69) is 36.3 Å². The van der Waals surface area contributed by atoms with E-state index in [1.165, 1.54) is 12.8 Å². The zero-order chi connectivity index (χ0) is 16.0. The average molecular weight is 299 g/mol. The molecular weight excluding hydrogens is 266 g/mol. The second kappa shape index (κ2) is 7.99. The topological polar surface area (TPSA) is 53.6 Å². The molecule has 21 heavy (non-hydrogen) atoms. The molecule has 1 amide bonds. The van der Waals surface area contributed by atoms with Crippen molar-refractivity contribution in [1.29, 1.82) is 0 Å². The van der Waals surface area contributed by atoms with E-state index < -0.39 is 5.60 Å². The summed E-state index contributed by atoms with van der Waals surface area (Å²) in [4.78, 5) is 14.1. The maximum absolute atomic E-state index is 11.6. The Kier molecular flexibility index (Phi) is 6.94. The third-order valence-electron chi connectivity index (χ3n) is 3.73. The van der Waals surface area contributed by atoms with Crippen LogP contribution in [0, 0.1) is 0 Å².